The van der Waals surface area contributed by atoms with Gasteiger partial charge < -0.3 is 0 Å². The van der Waals surface area contributed by atoms with Gasteiger partial charge in [0.1, 0.15) is 0 Å². The Hall–Kier alpha value is -2.80. The van der Waals surface area contributed by atoms with Crippen LogP contribution in [0, 0.1) is 17.7 Å². The molecule has 0 aliphatic rings. The molecule has 4 heteroatoms. The van der Waals surface area contributed by atoms with Gasteiger partial charge in [-0.2, -0.15) is 0 Å². The molecule has 2 N–H and O–H groups in total. The van der Waals surface area contributed by atoms with Crippen molar-refractivity contribution < 1.29 is 9.59 Å². The molecule has 20 heavy (non-hydrogen) atoms. The second-order valence-electron chi connectivity index (χ2n) is 3.85. The first-order valence-electron chi connectivity index (χ1n) is 5.85. The van der Waals surface area contributed by atoms with Crippen molar-refractivity contribution in [2.24, 2.45) is 0 Å². The summed E-state index contributed by atoms with van der Waals surface area (Å²) in [4.78, 5) is 16.7. The van der Waals surface area contributed by atoms with Crippen molar-refractivity contribution in [2.45, 2.75) is 13.3 Å². The fraction of sp³-hybridized carbons (Fsp3) is 0.125. The number of rotatable bonds is 2. The summed E-state index contributed by atoms with van der Waals surface area (Å²) in [5, 5.41) is 10.8. The third-order valence-electron chi connectivity index (χ3n) is 2.37. The fourth-order valence-electron chi connectivity index (χ4n) is 1.54. The number of aryl methyl sites for hydroxylation is 1. The van der Waals surface area contributed by atoms with Gasteiger partial charge in [-0.25, -0.2) is 20.4 Å². The van der Waals surface area contributed by atoms with E-state index < -0.39 is 0 Å². The predicted molar refractivity (Wildman–Crippen MR) is 77.3 cm³/mol. The number of carbonyl (C=O) groups excluding carboxylic acids is 2. The van der Waals surface area contributed by atoms with Gasteiger partial charge in [-0.15, -0.1) is 0 Å². The molecular formula is C16H16N2O2. The molecule has 0 bridgehead atoms. The Morgan fingerprint density at radius 1 is 0.800 bits per heavy atom. The van der Waals surface area contributed by atoms with Crippen molar-refractivity contribution in [2.75, 3.05) is 0 Å². The van der Waals surface area contributed by atoms with Crippen LogP contribution in [0.4, 0.5) is 0 Å². The monoisotopic (exact) mass is 268 g/mol. The molecule has 0 heterocycles. The van der Waals surface area contributed by atoms with Crippen LogP contribution in [0.1, 0.15) is 16.7 Å². The molecule has 0 aromatic heterocycles. The number of hydrogen-bond donors (Lipinski definition) is 2. The first-order chi connectivity index (χ1) is 9.67. The molecule has 0 saturated carbocycles. The van der Waals surface area contributed by atoms with Gasteiger partial charge in [0.2, 0.25) is 12.2 Å². The molecule has 0 saturated heterocycles. The van der Waals surface area contributed by atoms with Crippen molar-refractivity contribution >= 4 is 12.2 Å². The van der Waals surface area contributed by atoms with Crippen molar-refractivity contribution in [1.82, 2.24) is 0 Å². The summed E-state index contributed by atoms with van der Waals surface area (Å²) in [6.07, 6.45) is 2.53. The highest BCUT2D eigenvalue weighted by Gasteiger charge is 1.94. The van der Waals surface area contributed by atoms with E-state index in [-0.39, 0.29) is 0 Å². The minimum absolute atomic E-state index is 0.750. The molecule has 0 aliphatic carbocycles. The van der Waals surface area contributed by atoms with E-state index in [2.05, 4.69) is 61.5 Å². The van der Waals surface area contributed by atoms with Gasteiger partial charge in [-0.3, -0.25) is 0 Å². The summed E-state index contributed by atoms with van der Waals surface area (Å²) in [6, 6.07) is 19.3. The summed E-state index contributed by atoms with van der Waals surface area (Å²) in [7, 11) is 0. The summed E-state index contributed by atoms with van der Waals surface area (Å²) >= 11 is 0. The Balaban J connectivity index is 0.000000520. The van der Waals surface area contributed by atoms with Crippen LogP contribution in [-0.4, -0.2) is 12.2 Å². The molecule has 102 valence electrons. The fourth-order valence-corrected chi connectivity index (χ4v) is 1.54. The molecule has 0 atom stereocenters. The van der Waals surface area contributed by atoms with Gasteiger partial charge in [-0.05, 0) is 24.5 Å². The Labute approximate surface area is 118 Å². The number of hydrogen-bond acceptors (Lipinski definition) is 4. The zero-order chi connectivity index (χ0) is 15.2. The number of benzene rings is 2. The van der Waals surface area contributed by atoms with Crippen molar-refractivity contribution in [3.05, 3.63) is 71.3 Å². The van der Waals surface area contributed by atoms with E-state index in [1.807, 2.05) is 0 Å². The second kappa shape index (κ2) is 11.3. The van der Waals surface area contributed by atoms with Crippen LogP contribution in [0.25, 0.3) is 0 Å². The smallest absolute Gasteiger partial charge is 0.222 e. The molecule has 0 spiro atoms. The highest BCUT2D eigenvalue weighted by Crippen LogP contribution is 2.09. The van der Waals surface area contributed by atoms with E-state index in [1.54, 1.807) is 0 Å². The first kappa shape index (κ1) is 17.2. The topological polar surface area (TPSA) is 81.8 Å². The van der Waals surface area contributed by atoms with Gasteiger partial charge >= 0.3 is 0 Å². The molecule has 0 amide bonds. The first-order valence-corrected chi connectivity index (χ1v) is 5.85. The maximum atomic E-state index is 8.35. The lowest BCUT2D eigenvalue weighted by Crippen LogP contribution is -1.86. The molecule has 2 rings (SSSR count). The van der Waals surface area contributed by atoms with Gasteiger partial charge in [0.15, 0.2) is 0 Å². The van der Waals surface area contributed by atoms with Crippen LogP contribution < -0.4 is 0 Å². The Bertz CT molecular complexity index is 539. The van der Waals surface area contributed by atoms with Gasteiger partial charge in [0, 0.05) is 0 Å². The average Bonchev–Trinajstić information content (AvgIpc) is 2.44. The molecule has 2 aromatic carbocycles. The highest BCUT2D eigenvalue weighted by atomic mass is 16.1. The summed E-state index contributed by atoms with van der Waals surface area (Å²) in [6.45, 7) is 2.12. The Kier molecular flexibility index (Phi) is 9.72. The lowest BCUT2D eigenvalue weighted by atomic mass is 10.0. The van der Waals surface area contributed by atoms with Crippen LogP contribution >= 0.6 is 0 Å². The minimum Gasteiger partial charge on any atom is -0.222 e. The Morgan fingerprint density at radius 3 is 1.65 bits per heavy atom. The van der Waals surface area contributed by atoms with Crippen molar-refractivity contribution in [3.8, 4) is 0 Å². The largest absolute Gasteiger partial charge is 0.231 e. The van der Waals surface area contributed by atoms with Crippen molar-refractivity contribution in [1.29, 1.82) is 10.8 Å². The quantitative estimate of drug-likeness (QED) is 0.646. The summed E-state index contributed by atoms with van der Waals surface area (Å²) < 4.78 is 0. The molecule has 4 nitrogen and oxygen atoms in total. The second-order valence-corrected chi connectivity index (χ2v) is 3.85. The molecule has 2 aromatic rings. The van der Waals surface area contributed by atoms with Gasteiger partial charge in [0.25, 0.3) is 0 Å². The summed E-state index contributed by atoms with van der Waals surface area (Å²) in [5.74, 6) is 0. The predicted octanol–water partition coefficient (Wildman–Crippen LogP) is 3.39. The SMILES string of the molecule is Cc1ccc(Cc2ccccc2)cc1.N=C=O.N=C=O. The lowest BCUT2D eigenvalue weighted by molar-refractivity contribution is 0.562. The zero-order valence-corrected chi connectivity index (χ0v) is 11.2. The van der Waals surface area contributed by atoms with E-state index in [1.165, 1.54) is 16.7 Å². The van der Waals surface area contributed by atoms with Gasteiger partial charge in [-0.1, -0.05) is 60.2 Å². The van der Waals surface area contributed by atoms with Crippen LogP contribution in [0.5, 0.6) is 0 Å². The molecule has 0 fully saturated rings. The molecule has 0 aliphatic heterocycles. The minimum atomic E-state index is 0.750. The molecule has 0 radical (unpaired) electrons. The van der Waals surface area contributed by atoms with Crippen LogP contribution in [-0.2, 0) is 16.0 Å². The number of isocyanates is 2. The van der Waals surface area contributed by atoms with Crippen LogP contribution in [0.2, 0.25) is 0 Å². The molecule has 0 unspecified atom stereocenters. The zero-order valence-electron chi connectivity index (χ0n) is 11.2. The van der Waals surface area contributed by atoms with Crippen LogP contribution in [0.3, 0.4) is 0 Å². The van der Waals surface area contributed by atoms with Crippen LogP contribution in [0.15, 0.2) is 54.6 Å². The standard InChI is InChI=1S/C14H14.2CHNO/c1-12-7-9-14(10-8-12)11-13-5-3-2-4-6-13;2*2-1-3/h2-10H,11H2,1H3;2*2H. The molecular weight excluding hydrogens is 252 g/mol. The normalized spacial score (nSPS) is 7.85. The van der Waals surface area contributed by atoms with E-state index in [0.717, 1.165) is 18.6 Å². The van der Waals surface area contributed by atoms with Gasteiger partial charge in [0.05, 0.1) is 0 Å². The lowest BCUT2D eigenvalue weighted by Gasteiger charge is -2.01. The van der Waals surface area contributed by atoms with Crippen molar-refractivity contribution in [3.63, 3.8) is 0 Å². The maximum absolute atomic E-state index is 8.35. The van der Waals surface area contributed by atoms with E-state index in [4.69, 9.17) is 20.4 Å². The van der Waals surface area contributed by atoms with E-state index in [0.29, 0.717) is 0 Å². The van der Waals surface area contributed by atoms with E-state index in [9.17, 15) is 0 Å². The maximum Gasteiger partial charge on any atom is 0.231 e. The average molecular weight is 268 g/mol. The third kappa shape index (κ3) is 8.31. The highest BCUT2D eigenvalue weighted by molar-refractivity contribution is 5.28. The Morgan fingerprint density at radius 2 is 1.20 bits per heavy atom. The van der Waals surface area contributed by atoms with E-state index >= 15 is 0 Å². The number of nitrogens with one attached hydrogen (secondary N) is 2. The summed E-state index contributed by atoms with van der Waals surface area (Å²) in [5.41, 5.74) is 4.07. The third-order valence-corrected chi connectivity index (χ3v) is 2.37.